The van der Waals surface area contributed by atoms with E-state index in [1.165, 1.54) is 13.0 Å². The van der Waals surface area contributed by atoms with Crippen molar-refractivity contribution < 1.29 is 22.7 Å². The van der Waals surface area contributed by atoms with Crippen molar-refractivity contribution in [2.24, 2.45) is 0 Å². The van der Waals surface area contributed by atoms with Gasteiger partial charge in [-0.2, -0.15) is 17.6 Å². The molecule has 0 amide bonds. The molecular weight excluding hydrogens is 414 g/mol. The first-order valence-electron chi connectivity index (χ1n) is 7.33. The van der Waals surface area contributed by atoms with Gasteiger partial charge in [-0.1, -0.05) is 11.6 Å². The number of halogens is 5. The molecule has 0 aliphatic carbocycles. The lowest BCUT2D eigenvalue weighted by atomic mass is 10.1. The number of fused-ring (bicyclic) bond motifs is 1. The summed E-state index contributed by atoms with van der Waals surface area (Å²) in [7, 11) is 0. The highest BCUT2D eigenvalue weighted by Gasteiger charge is 2.39. The van der Waals surface area contributed by atoms with Crippen molar-refractivity contribution in [3.8, 4) is 10.4 Å². The monoisotopic (exact) mass is 423 g/mol. The Morgan fingerprint density at radius 3 is 2.67 bits per heavy atom. The van der Waals surface area contributed by atoms with E-state index in [4.69, 9.17) is 11.6 Å². The molecule has 1 atom stereocenters. The molecule has 1 unspecified atom stereocenters. The van der Waals surface area contributed by atoms with Gasteiger partial charge in [-0.05, 0) is 18.6 Å². The number of hydrogen-bond acceptors (Lipinski definition) is 5. The van der Waals surface area contributed by atoms with E-state index >= 15 is 0 Å². The van der Waals surface area contributed by atoms with Gasteiger partial charge in [0.1, 0.15) is 4.83 Å². The maximum absolute atomic E-state index is 13.3. The van der Waals surface area contributed by atoms with Gasteiger partial charge in [0, 0.05) is 16.6 Å². The number of aliphatic hydroxyl groups is 1. The number of alkyl halides is 3. The van der Waals surface area contributed by atoms with Crippen LogP contribution in [0.2, 0.25) is 5.02 Å². The Morgan fingerprint density at radius 2 is 2.07 bits per heavy atom. The smallest absolute Gasteiger partial charge is 0.382 e. The summed E-state index contributed by atoms with van der Waals surface area (Å²) in [5.41, 5.74) is -1.18. The quantitative estimate of drug-likeness (QED) is 0.501. The van der Waals surface area contributed by atoms with Gasteiger partial charge in [0.05, 0.1) is 17.0 Å². The lowest BCUT2D eigenvalue weighted by Gasteiger charge is -2.15. The van der Waals surface area contributed by atoms with E-state index in [1.54, 1.807) is 0 Å². The lowest BCUT2D eigenvalue weighted by Crippen LogP contribution is -2.38. The third kappa shape index (κ3) is 3.49. The third-order valence-electron chi connectivity index (χ3n) is 3.86. The Morgan fingerprint density at radius 1 is 1.41 bits per heavy atom. The highest BCUT2D eigenvalue weighted by molar-refractivity contribution is 7.22. The maximum atomic E-state index is 13.3. The van der Waals surface area contributed by atoms with Crippen LogP contribution in [0.1, 0.15) is 5.56 Å². The van der Waals surface area contributed by atoms with Crippen LogP contribution in [0.5, 0.6) is 0 Å². The van der Waals surface area contributed by atoms with Crippen molar-refractivity contribution in [2.75, 3.05) is 0 Å². The lowest BCUT2D eigenvalue weighted by molar-refractivity contribution is -0.207. The Balaban J connectivity index is 2.26. The van der Waals surface area contributed by atoms with Crippen molar-refractivity contribution in [2.45, 2.75) is 25.7 Å². The molecule has 3 aromatic rings. The molecule has 0 radical (unpaired) electrons. The van der Waals surface area contributed by atoms with Crippen molar-refractivity contribution in [3.63, 3.8) is 0 Å². The summed E-state index contributed by atoms with van der Waals surface area (Å²) >= 11 is 6.55. The van der Waals surface area contributed by atoms with E-state index < -0.39 is 36.0 Å². The number of aliphatic hydroxyl groups excluding tert-OH is 1. The summed E-state index contributed by atoms with van der Waals surface area (Å²) in [4.78, 5) is 29.9. The Bertz CT molecular complexity index is 1150. The fraction of sp³-hybridized carbons (Fsp3) is 0.267. The van der Waals surface area contributed by atoms with Gasteiger partial charge in [0.15, 0.2) is 6.10 Å². The zero-order valence-electron chi connectivity index (χ0n) is 13.4. The number of aromatic amines is 1. The minimum atomic E-state index is -4.94. The normalized spacial score (nSPS) is 13.3. The minimum absolute atomic E-state index is 0.00979. The number of aryl methyl sites for hydroxylation is 1. The second kappa shape index (κ2) is 6.73. The zero-order chi connectivity index (χ0) is 20.1. The molecule has 3 rings (SSSR count). The van der Waals surface area contributed by atoms with Crippen molar-refractivity contribution in [3.05, 3.63) is 49.6 Å². The number of pyridine rings is 1. The number of aromatic nitrogens is 3. The van der Waals surface area contributed by atoms with Crippen LogP contribution in [0, 0.1) is 12.9 Å². The zero-order valence-corrected chi connectivity index (χ0v) is 15.0. The van der Waals surface area contributed by atoms with Crippen LogP contribution in [0.15, 0.2) is 21.9 Å². The first-order chi connectivity index (χ1) is 12.5. The predicted octanol–water partition coefficient (Wildman–Crippen LogP) is 2.84. The van der Waals surface area contributed by atoms with Gasteiger partial charge in [-0.3, -0.25) is 14.3 Å². The fourth-order valence-corrected chi connectivity index (χ4v) is 4.00. The molecule has 3 heterocycles. The second-order valence-corrected chi connectivity index (χ2v) is 7.07. The molecule has 0 bridgehead atoms. The minimum Gasteiger partial charge on any atom is -0.382 e. The van der Waals surface area contributed by atoms with Crippen molar-refractivity contribution in [1.82, 2.24) is 14.5 Å². The van der Waals surface area contributed by atoms with Crippen LogP contribution in [0.3, 0.4) is 0 Å². The SMILES string of the molecule is Cc1c(-c2cnc(F)c(Cl)c2)sc2c1c(=O)[nH]c(=O)n2CC(O)C(F)(F)F. The number of rotatable bonds is 3. The topological polar surface area (TPSA) is 88.0 Å². The highest BCUT2D eigenvalue weighted by Crippen LogP contribution is 2.37. The van der Waals surface area contributed by atoms with Crippen molar-refractivity contribution in [1.29, 1.82) is 0 Å². The van der Waals surface area contributed by atoms with Gasteiger partial charge in [-0.15, -0.1) is 11.3 Å². The summed E-state index contributed by atoms with van der Waals surface area (Å²) in [6.45, 7) is 0.438. The van der Waals surface area contributed by atoms with E-state index in [0.29, 0.717) is 20.6 Å². The first kappa shape index (κ1) is 19.5. The molecule has 144 valence electrons. The van der Waals surface area contributed by atoms with Gasteiger partial charge < -0.3 is 5.11 Å². The Hall–Kier alpha value is -2.24. The molecular formula is C15H10ClF4N3O3S. The van der Waals surface area contributed by atoms with Crippen LogP contribution in [0.25, 0.3) is 20.7 Å². The maximum Gasteiger partial charge on any atom is 0.416 e. The molecule has 0 aliphatic heterocycles. The molecule has 6 nitrogen and oxygen atoms in total. The summed E-state index contributed by atoms with van der Waals surface area (Å²) in [6, 6.07) is 1.25. The van der Waals surface area contributed by atoms with Crippen molar-refractivity contribution >= 4 is 33.2 Å². The van der Waals surface area contributed by atoms with Crippen LogP contribution >= 0.6 is 22.9 Å². The summed E-state index contributed by atoms with van der Waals surface area (Å²) < 4.78 is 52.0. The van der Waals surface area contributed by atoms with E-state index in [9.17, 15) is 32.3 Å². The predicted molar refractivity (Wildman–Crippen MR) is 91.7 cm³/mol. The molecule has 3 aromatic heterocycles. The van der Waals surface area contributed by atoms with Gasteiger partial charge in [-0.25, -0.2) is 9.78 Å². The molecule has 0 fully saturated rings. The van der Waals surface area contributed by atoms with E-state index in [-0.39, 0.29) is 15.2 Å². The molecule has 0 spiro atoms. The number of thiophene rings is 1. The molecule has 0 saturated carbocycles. The number of nitrogens with one attached hydrogen (secondary N) is 1. The molecule has 2 N–H and O–H groups in total. The summed E-state index contributed by atoms with van der Waals surface area (Å²) in [5.74, 6) is -0.901. The highest BCUT2D eigenvalue weighted by atomic mass is 35.5. The van der Waals surface area contributed by atoms with E-state index in [0.717, 1.165) is 17.5 Å². The fourth-order valence-electron chi connectivity index (χ4n) is 2.54. The van der Waals surface area contributed by atoms with Crippen LogP contribution < -0.4 is 11.2 Å². The van der Waals surface area contributed by atoms with Crippen LogP contribution in [-0.4, -0.2) is 31.9 Å². The summed E-state index contributed by atoms with van der Waals surface area (Å²) in [5, 5.41) is 9.03. The average molecular weight is 424 g/mol. The number of hydrogen-bond donors (Lipinski definition) is 2. The molecule has 27 heavy (non-hydrogen) atoms. The first-order valence-corrected chi connectivity index (χ1v) is 8.52. The number of H-pyrrole nitrogens is 1. The van der Waals surface area contributed by atoms with Crippen LogP contribution in [0.4, 0.5) is 17.6 Å². The van der Waals surface area contributed by atoms with E-state index in [2.05, 4.69) is 4.98 Å². The average Bonchev–Trinajstić information content (AvgIpc) is 2.90. The molecule has 0 saturated heterocycles. The molecule has 0 aromatic carbocycles. The molecule has 12 heteroatoms. The summed E-state index contributed by atoms with van der Waals surface area (Å²) in [6.07, 6.45) is -6.58. The van der Waals surface area contributed by atoms with Crippen LogP contribution in [-0.2, 0) is 6.54 Å². The standard InChI is InChI=1S/C15H10ClF4N3O3S/c1-5-9-12(25)22-14(26)23(4-8(24)15(18,19)20)13(9)27-10(5)6-2-7(16)11(17)21-3-6/h2-3,8,24H,4H2,1H3,(H,22,25,26). The van der Waals surface area contributed by atoms with E-state index in [1.807, 2.05) is 4.98 Å². The largest absolute Gasteiger partial charge is 0.416 e. The Labute approximate surface area is 156 Å². The van der Waals surface area contributed by atoms with Gasteiger partial charge >= 0.3 is 11.9 Å². The second-order valence-electron chi connectivity index (χ2n) is 5.66. The van der Waals surface area contributed by atoms with Gasteiger partial charge in [0.2, 0.25) is 5.95 Å². The Kier molecular flexibility index (Phi) is 4.87. The van der Waals surface area contributed by atoms with Gasteiger partial charge in [0.25, 0.3) is 5.56 Å². The number of nitrogens with zero attached hydrogens (tertiary/aromatic N) is 2. The third-order valence-corrected chi connectivity index (χ3v) is 5.49. The molecule has 0 aliphatic rings.